The van der Waals surface area contributed by atoms with Crippen molar-refractivity contribution in [1.82, 2.24) is 4.98 Å². The maximum absolute atomic E-state index is 11.1. The van der Waals surface area contributed by atoms with Crippen LogP contribution in [0.1, 0.15) is 21.6 Å². The van der Waals surface area contributed by atoms with Gasteiger partial charge in [-0.2, -0.15) is 5.26 Å². The Morgan fingerprint density at radius 3 is 2.80 bits per heavy atom. The van der Waals surface area contributed by atoms with Gasteiger partial charge >= 0.3 is 5.97 Å². The van der Waals surface area contributed by atoms with Crippen LogP contribution >= 0.6 is 15.9 Å². The van der Waals surface area contributed by atoms with E-state index in [1.165, 1.54) is 6.07 Å². The summed E-state index contributed by atoms with van der Waals surface area (Å²) < 4.78 is 0.505. The first kappa shape index (κ1) is 14.0. The normalized spacial score (nSPS) is 9.85. The summed E-state index contributed by atoms with van der Waals surface area (Å²) in [5.74, 6) is -0.518. The number of aromatic carboxylic acids is 1. The molecule has 0 aliphatic rings. The highest BCUT2D eigenvalue weighted by atomic mass is 79.9. The Bertz CT molecular complexity index is 723. The van der Waals surface area contributed by atoms with Crippen molar-refractivity contribution in [2.75, 3.05) is 5.32 Å². The van der Waals surface area contributed by atoms with E-state index in [0.29, 0.717) is 27.2 Å². The highest BCUT2D eigenvalue weighted by molar-refractivity contribution is 9.10. The Kier molecular flexibility index (Phi) is 4.01. The number of aryl methyl sites for hydroxylation is 1. The molecule has 0 atom stereocenters. The van der Waals surface area contributed by atoms with Crippen molar-refractivity contribution in [2.24, 2.45) is 0 Å². The van der Waals surface area contributed by atoms with Crippen LogP contribution in [0.4, 0.5) is 11.5 Å². The van der Waals surface area contributed by atoms with Crippen LogP contribution in [0, 0.1) is 18.3 Å². The van der Waals surface area contributed by atoms with Crippen LogP contribution in [0.3, 0.4) is 0 Å². The van der Waals surface area contributed by atoms with Crippen molar-refractivity contribution >= 4 is 33.4 Å². The van der Waals surface area contributed by atoms with E-state index in [9.17, 15) is 4.79 Å². The van der Waals surface area contributed by atoms with Crippen LogP contribution in [0.5, 0.6) is 0 Å². The molecule has 0 radical (unpaired) electrons. The minimum absolute atomic E-state index is 0.156. The lowest BCUT2D eigenvalue weighted by Crippen LogP contribution is -2.01. The summed E-state index contributed by atoms with van der Waals surface area (Å²) in [5.41, 5.74) is 1.95. The van der Waals surface area contributed by atoms with Gasteiger partial charge in [0.15, 0.2) is 0 Å². The fourth-order valence-corrected chi connectivity index (χ4v) is 2.13. The first-order valence-electron chi connectivity index (χ1n) is 5.68. The van der Waals surface area contributed by atoms with Gasteiger partial charge < -0.3 is 10.4 Å². The van der Waals surface area contributed by atoms with E-state index in [1.807, 2.05) is 0 Å². The van der Waals surface area contributed by atoms with E-state index in [0.717, 1.165) is 0 Å². The van der Waals surface area contributed by atoms with Gasteiger partial charge in [0.1, 0.15) is 5.82 Å². The number of nitriles is 1. The summed E-state index contributed by atoms with van der Waals surface area (Å²) in [4.78, 5) is 15.3. The molecule has 1 aromatic heterocycles. The molecular formula is C14H10BrN3O2. The number of hydrogen-bond donors (Lipinski definition) is 2. The van der Waals surface area contributed by atoms with E-state index in [-0.39, 0.29) is 5.56 Å². The van der Waals surface area contributed by atoms with Crippen LogP contribution < -0.4 is 5.32 Å². The quantitative estimate of drug-likeness (QED) is 0.899. The predicted molar refractivity (Wildman–Crippen MR) is 78.1 cm³/mol. The van der Waals surface area contributed by atoms with Gasteiger partial charge in [0.05, 0.1) is 17.2 Å². The maximum atomic E-state index is 11.1. The fourth-order valence-electron chi connectivity index (χ4n) is 1.71. The number of nitrogens with one attached hydrogen (secondary N) is 1. The Morgan fingerprint density at radius 1 is 1.40 bits per heavy atom. The number of aromatic nitrogens is 1. The second kappa shape index (κ2) is 5.72. The number of hydrogen-bond acceptors (Lipinski definition) is 4. The molecule has 0 bridgehead atoms. The van der Waals surface area contributed by atoms with Gasteiger partial charge in [0.2, 0.25) is 0 Å². The van der Waals surface area contributed by atoms with Crippen molar-refractivity contribution in [1.29, 1.82) is 5.26 Å². The van der Waals surface area contributed by atoms with Crippen molar-refractivity contribution in [2.45, 2.75) is 6.92 Å². The lowest BCUT2D eigenvalue weighted by atomic mass is 10.2. The monoisotopic (exact) mass is 331 g/mol. The summed E-state index contributed by atoms with van der Waals surface area (Å²) in [7, 11) is 0. The number of pyridine rings is 1. The Labute approximate surface area is 124 Å². The van der Waals surface area contributed by atoms with Crippen LogP contribution in [-0.4, -0.2) is 16.1 Å². The molecule has 0 spiro atoms. The molecule has 6 heteroatoms. The van der Waals surface area contributed by atoms with Gasteiger partial charge in [0.25, 0.3) is 0 Å². The molecule has 5 nitrogen and oxygen atoms in total. The minimum Gasteiger partial charge on any atom is -0.478 e. The standard InChI is InChI=1S/C14H10BrN3O2/c1-8-4-9(7-16)5-13(17-8)18-10-2-3-12(15)11(6-10)14(19)20/h2-6H,1H3,(H,17,18)(H,19,20). The molecule has 2 N–H and O–H groups in total. The van der Waals surface area contributed by atoms with Gasteiger partial charge in [-0.05, 0) is 53.2 Å². The average molecular weight is 332 g/mol. The summed E-state index contributed by atoms with van der Waals surface area (Å²) in [5, 5.41) is 21.0. The average Bonchev–Trinajstić information content (AvgIpc) is 2.40. The number of carboxylic acid groups (broad SMARTS) is 1. The van der Waals surface area contributed by atoms with Crippen LogP contribution in [-0.2, 0) is 0 Å². The zero-order chi connectivity index (χ0) is 14.7. The molecule has 0 aliphatic heterocycles. The van der Waals surface area contributed by atoms with Gasteiger partial charge in [-0.25, -0.2) is 9.78 Å². The highest BCUT2D eigenvalue weighted by Crippen LogP contribution is 2.23. The van der Waals surface area contributed by atoms with Gasteiger partial charge in [-0.1, -0.05) is 0 Å². The summed E-state index contributed by atoms with van der Waals surface area (Å²) in [6.07, 6.45) is 0. The Morgan fingerprint density at radius 2 is 2.15 bits per heavy atom. The molecule has 0 fully saturated rings. The van der Waals surface area contributed by atoms with Crippen LogP contribution in [0.25, 0.3) is 0 Å². The molecule has 2 aromatic rings. The van der Waals surface area contributed by atoms with Gasteiger partial charge in [0, 0.05) is 15.9 Å². The topological polar surface area (TPSA) is 86.0 Å². The molecule has 0 unspecified atom stereocenters. The Balaban J connectivity index is 2.35. The first-order chi connectivity index (χ1) is 9.49. The highest BCUT2D eigenvalue weighted by Gasteiger charge is 2.09. The number of nitrogens with zero attached hydrogens (tertiary/aromatic N) is 2. The smallest absolute Gasteiger partial charge is 0.336 e. The molecule has 100 valence electrons. The number of carbonyl (C=O) groups is 1. The molecule has 0 saturated heterocycles. The van der Waals surface area contributed by atoms with Crippen LogP contribution in [0.2, 0.25) is 0 Å². The lowest BCUT2D eigenvalue weighted by Gasteiger charge is -2.08. The van der Waals surface area contributed by atoms with E-state index < -0.39 is 5.97 Å². The minimum atomic E-state index is -1.02. The summed E-state index contributed by atoms with van der Waals surface area (Å²) >= 11 is 3.18. The number of benzene rings is 1. The van der Waals surface area contributed by atoms with E-state index in [1.54, 1.807) is 31.2 Å². The zero-order valence-corrected chi connectivity index (χ0v) is 12.1. The van der Waals surface area contributed by atoms with Crippen molar-refractivity contribution in [3.8, 4) is 6.07 Å². The lowest BCUT2D eigenvalue weighted by molar-refractivity contribution is 0.0696. The number of halogens is 1. The fraction of sp³-hybridized carbons (Fsp3) is 0.0714. The van der Waals surface area contributed by atoms with Crippen molar-refractivity contribution in [3.05, 3.63) is 51.6 Å². The molecule has 0 amide bonds. The van der Waals surface area contributed by atoms with Crippen molar-refractivity contribution < 1.29 is 9.90 Å². The number of rotatable bonds is 3. The third kappa shape index (κ3) is 3.13. The molecule has 0 aliphatic carbocycles. The van der Waals surface area contributed by atoms with Crippen molar-refractivity contribution in [3.63, 3.8) is 0 Å². The number of carboxylic acids is 1. The third-order valence-corrected chi connectivity index (χ3v) is 3.24. The summed E-state index contributed by atoms with van der Waals surface area (Å²) in [6.45, 7) is 1.79. The van der Waals surface area contributed by atoms with Gasteiger partial charge in [-0.15, -0.1) is 0 Å². The van der Waals surface area contributed by atoms with E-state index >= 15 is 0 Å². The van der Waals surface area contributed by atoms with E-state index in [4.69, 9.17) is 10.4 Å². The second-order valence-corrected chi connectivity index (χ2v) is 4.97. The number of anilines is 2. The van der Waals surface area contributed by atoms with Gasteiger partial charge in [-0.3, -0.25) is 0 Å². The summed E-state index contributed by atoms with van der Waals surface area (Å²) in [6, 6.07) is 10.2. The third-order valence-electron chi connectivity index (χ3n) is 2.55. The zero-order valence-electron chi connectivity index (χ0n) is 10.5. The van der Waals surface area contributed by atoms with Crippen LogP contribution in [0.15, 0.2) is 34.8 Å². The largest absolute Gasteiger partial charge is 0.478 e. The first-order valence-corrected chi connectivity index (χ1v) is 6.47. The molecule has 1 aromatic carbocycles. The Hall–Kier alpha value is -2.39. The molecule has 2 rings (SSSR count). The van der Waals surface area contributed by atoms with E-state index in [2.05, 4.69) is 32.3 Å². The SMILES string of the molecule is Cc1cc(C#N)cc(Nc2ccc(Br)c(C(=O)O)c2)n1. The maximum Gasteiger partial charge on any atom is 0.336 e. The molecule has 1 heterocycles. The second-order valence-electron chi connectivity index (χ2n) is 4.12. The molecule has 0 saturated carbocycles. The molecular weight excluding hydrogens is 322 g/mol. The predicted octanol–water partition coefficient (Wildman–Crippen LogP) is 3.47. The molecule has 20 heavy (non-hydrogen) atoms.